The van der Waals surface area contributed by atoms with Crippen molar-refractivity contribution < 1.29 is 70.6 Å². The quantitative estimate of drug-likeness (QED) is 0.0305. The fourth-order valence-corrected chi connectivity index (χ4v) is 13.4. The number of nitrogens with zero attached hydrogens (tertiary/aromatic N) is 8. The fraction of sp³-hybridized carbons (Fsp3) is 0.211. The number of carbonyl (C=O) groups is 4. The van der Waals surface area contributed by atoms with E-state index in [0.717, 1.165) is 16.7 Å². The number of ether oxygens (including phenoxy) is 8. The lowest BCUT2D eigenvalue weighted by Crippen LogP contribution is -2.41. The largest absolute Gasteiger partial charge is 0.497 e. The number of aromatic nitrogens is 8. The lowest BCUT2D eigenvalue weighted by molar-refractivity contribution is -0.0981. The maximum Gasteiger partial charge on any atom is 0.338 e. The molecule has 498 valence electrons. The van der Waals surface area contributed by atoms with Crippen LogP contribution in [-0.4, -0.2) is 141 Å². The molecule has 2 aliphatic rings. The van der Waals surface area contributed by atoms with E-state index in [2.05, 4.69) is 35.6 Å². The molecule has 25 nitrogen and oxygen atoms in total. The van der Waals surface area contributed by atoms with Gasteiger partial charge in [-0.1, -0.05) is 127 Å². The summed E-state index contributed by atoms with van der Waals surface area (Å²) in [6, 6.07) is 58.5. The predicted molar refractivity (Wildman–Crippen MR) is 360 cm³/mol. The second-order valence-corrected chi connectivity index (χ2v) is 25.4. The first kappa shape index (κ1) is 66.1. The van der Waals surface area contributed by atoms with Crippen LogP contribution >= 0.6 is 6.72 Å². The van der Waals surface area contributed by atoms with E-state index in [1.165, 1.54) is 44.1 Å². The third-order valence-corrected chi connectivity index (χ3v) is 19.1. The van der Waals surface area contributed by atoms with Crippen LogP contribution in [0.4, 0.5) is 11.6 Å². The van der Waals surface area contributed by atoms with Gasteiger partial charge in [-0.05, 0) is 101 Å². The van der Waals surface area contributed by atoms with Gasteiger partial charge in [0.05, 0.1) is 51.2 Å². The van der Waals surface area contributed by atoms with Gasteiger partial charge >= 0.3 is 18.7 Å². The first-order chi connectivity index (χ1) is 47.9. The van der Waals surface area contributed by atoms with Crippen LogP contribution in [0.3, 0.4) is 0 Å². The molecule has 0 spiro atoms. The van der Waals surface area contributed by atoms with E-state index in [4.69, 9.17) is 68.3 Å². The number of fused-ring (bicyclic) bond motifs is 2. The molecule has 0 saturated carbocycles. The van der Waals surface area contributed by atoms with Crippen LogP contribution in [0.5, 0.6) is 11.5 Å². The Balaban J connectivity index is 0.869. The molecule has 13 rings (SSSR count). The third-order valence-electron chi connectivity index (χ3n) is 16.7. The van der Waals surface area contributed by atoms with Crippen molar-refractivity contribution in [2.24, 2.45) is 0 Å². The number of hydrogen-bond acceptors (Lipinski definition) is 22. The van der Waals surface area contributed by atoms with Gasteiger partial charge in [-0.3, -0.25) is 23.2 Å². The Morgan fingerprint density at radius 1 is 0.480 bits per heavy atom. The highest BCUT2D eigenvalue weighted by Crippen LogP contribution is 2.55. The first-order valence-electron chi connectivity index (χ1n) is 30.8. The van der Waals surface area contributed by atoms with Crippen LogP contribution in [0.15, 0.2) is 225 Å². The number of rotatable bonds is 25. The highest BCUT2D eigenvalue weighted by molar-refractivity contribution is 8.07. The van der Waals surface area contributed by atoms with Crippen molar-refractivity contribution >= 4 is 76.2 Å². The van der Waals surface area contributed by atoms with E-state index in [0.29, 0.717) is 22.6 Å². The van der Waals surface area contributed by atoms with Crippen molar-refractivity contribution in [3.63, 3.8) is 0 Å². The van der Waals surface area contributed by atoms with Crippen LogP contribution in [0.1, 0.15) is 70.6 Å². The van der Waals surface area contributed by atoms with Crippen LogP contribution in [0.25, 0.3) is 22.3 Å². The summed E-state index contributed by atoms with van der Waals surface area (Å²) in [4.78, 5) is 83.2. The minimum absolute atomic E-state index is 0.0667. The number of carbonyl (C=O) groups excluding carboxylic acids is 4. The van der Waals surface area contributed by atoms with Gasteiger partial charge in [0, 0.05) is 25.3 Å². The molecule has 2 aliphatic heterocycles. The number of hydrogen-bond donors (Lipinski definition) is 2. The number of esters is 2. The van der Waals surface area contributed by atoms with E-state index >= 15 is 0 Å². The Morgan fingerprint density at radius 3 is 1.33 bits per heavy atom. The Hall–Kier alpha value is -10.5. The topological polar surface area (TPSA) is 281 Å². The van der Waals surface area contributed by atoms with Gasteiger partial charge < -0.3 is 57.6 Å². The second-order valence-electron chi connectivity index (χ2n) is 22.3. The zero-order valence-corrected chi connectivity index (χ0v) is 54.7. The summed E-state index contributed by atoms with van der Waals surface area (Å²) in [5.41, 5.74) is 2.72. The molecule has 2 N–H and O–H groups in total. The summed E-state index contributed by atoms with van der Waals surface area (Å²) in [6.07, 6.45) is -4.85. The van der Waals surface area contributed by atoms with Gasteiger partial charge in [-0.25, -0.2) is 39.5 Å². The molecule has 4 aromatic heterocycles. The summed E-state index contributed by atoms with van der Waals surface area (Å²) in [5.74, 6) is -1.07. The number of amides is 2. The molecule has 1 unspecified atom stereocenters. The van der Waals surface area contributed by atoms with E-state index < -0.39 is 91.8 Å². The maximum atomic E-state index is 14.4. The summed E-state index contributed by atoms with van der Waals surface area (Å²) in [5, 5.41) is 5.68. The molecule has 9 atom stereocenters. The van der Waals surface area contributed by atoms with Crippen LogP contribution < -0.4 is 20.1 Å². The molecule has 2 saturated heterocycles. The van der Waals surface area contributed by atoms with Gasteiger partial charge in [0.15, 0.2) is 58.6 Å². The molecule has 0 bridgehead atoms. The number of nitrogens with one attached hydrogen (secondary N) is 2. The van der Waals surface area contributed by atoms with E-state index in [-0.39, 0.29) is 51.7 Å². The van der Waals surface area contributed by atoms with Gasteiger partial charge in [0.25, 0.3) is 11.8 Å². The predicted octanol–water partition coefficient (Wildman–Crippen LogP) is 10.7. The normalized spacial score (nSPS) is 19.7. The van der Waals surface area contributed by atoms with Crippen molar-refractivity contribution in [2.75, 3.05) is 52.3 Å². The summed E-state index contributed by atoms with van der Waals surface area (Å²) in [7, 11) is 5.99. The highest BCUT2D eigenvalue weighted by Gasteiger charge is 2.54. The standard InChI is InChI=1S/C71H63N10O15PS/c1-86-51-34-30-49(31-35-51)71(48-28-18-9-19-29-48,50-32-36-52(87-2)37-33-50)90-38-53-57(88-3)60(68(92-53)81-43-77-56-62(73-41-75-64(56)81)79-66(83)45-22-12-6-13-23-45)96-97(98,89-4)91-39-54-58(94-69(84)46-24-14-7-15-25-46)59(95-70(85)47-26-16-8-17-27-47)67(93-54)80-42-76-55-61(72-40-74-63(55)80)78-65(82)44-20-10-5-11-21-44/h5-37,40-43,53-54,57-60,67-68H,38-39H2,1-4H3,(H,72,74,78,82)(H,73,75,79,83)/t53-,54-,57-,58-,59-,60-,67-,68-,97?/m1/s1. The Kier molecular flexibility index (Phi) is 19.9. The molecule has 27 heteroatoms. The summed E-state index contributed by atoms with van der Waals surface area (Å²) >= 11 is 6.35. The zero-order valence-electron chi connectivity index (χ0n) is 53.0. The Morgan fingerprint density at radius 2 is 0.888 bits per heavy atom. The smallest absolute Gasteiger partial charge is 0.338 e. The zero-order chi connectivity index (χ0) is 67.8. The van der Waals surface area contributed by atoms with Gasteiger partial charge in [0.1, 0.15) is 54.2 Å². The molecule has 7 aromatic carbocycles. The molecule has 11 aromatic rings. The molecule has 0 aliphatic carbocycles. The van der Waals surface area contributed by atoms with Crippen molar-refractivity contribution in [2.45, 2.75) is 54.7 Å². The van der Waals surface area contributed by atoms with Crippen molar-refractivity contribution in [1.82, 2.24) is 39.0 Å². The second kappa shape index (κ2) is 29.5. The average molecular weight is 1360 g/mol. The van der Waals surface area contributed by atoms with Crippen LogP contribution in [-0.2, 0) is 59.4 Å². The number of benzene rings is 7. The molecule has 0 radical (unpaired) electrons. The highest BCUT2D eigenvalue weighted by atomic mass is 32.5. The molecule has 98 heavy (non-hydrogen) atoms. The minimum Gasteiger partial charge on any atom is -0.497 e. The number of anilines is 2. The lowest BCUT2D eigenvalue weighted by atomic mass is 9.80. The number of imidazole rings is 2. The van der Waals surface area contributed by atoms with Crippen molar-refractivity contribution in [3.8, 4) is 11.5 Å². The summed E-state index contributed by atoms with van der Waals surface area (Å²) in [6.45, 7) is -4.87. The van der Waals surface area contributed by atoms with Gasteiger partial charge in [-0.2, -0.15) is 0 Å². The lowest BCUT2D eigenvalue weighted by Gasteiger charge is -2.37. The number of methoxy groups -OCH3 is 3. The van der Waals surface area contributed by atoms with Gasteiger partial charge in [-0.15, -0.1) is 0 Å². The minimum atomic E-state index is -4.15. The molecular weight excluding hydrogens is 1300 g/mol. The van der Waals surface area contributed by atoms with E-state index in [9.17, 15) is 19.2 Å². The molecule has 6 heterocycles. The molecular formula is C71H63N10O15PS. The monoisotopic (exact) mass is 1360 g/mol. The first-order valence-corrected chi connectivity index (χ1v) is 33.4. The fourth-order valence-electron chi connectivity index (χ4n) is 11.8. The maximum absolute atomic E-state index is 14.4. The Labute approximate surface area is 566 Å². The van der Waals surface area contributed by atoms with Gasteiger partial charge in [0.2, 0.25) is 0 Å². The van der Waals surface area contributed by atoms with Crippen LogP contribution in [0.2, 0.25) is 0 Å². The summed E-state index contributed by atoms with van der Waals surface area (Å²) < 4.78 is 74.9. The van der Waals surface area contributed by atoms with E-state index in [1.54, 1.807) is 140 Å². The Bertz CT molecular complexity index is 4600. The SMILES string of the molecule is COc1ccc(C(OC[C@H]2O[C@@H](n3cnc4c(NC(=O)c5ccccc5)ncnc43)[C@H](OP(=S)(OC)OC[C@H]3O[C@@H](n4cnc5c(NC(=O)c6ccccc6)ncnc54)[C@H](OC(=O)c4ccccc4)[C@@H]3OC(=O)c3ccccc3)[C@@H]2OC)(c2ccccc2)c2ccc(OC)cc2)cc1. The average Bonchev–Trinajstić information content (AvgIpc) is 1.27. The molecule has 2 amide bonds. The third kappa shape index (κ3) is 13.6. The molecule has 2 fully saturated rings. The van der Waals surface area contributed by atoms with Crippen LogP contribution in [0, 0.1) is 0 Å². The van der Waals surface area contributed by atoms with Crippen molar-refractivity contribution in [1.29, 1.82) is 0 Å². The van der Waals surface area contributed by atoms with Crippen molar-refractivity contribution in [3.05, 3.63) is 264 Å². The van der Waals surface area contributed by atoms with E-state index in [1.807, 2.05) is 78.9 Å².